The van der Waals surface area contributed by atoms with E-state index < -0.39 is 0 Å². The lowest BCUT2D eigenvalue weighted by Gasteiger charge is -2.08. The second kappa shape index (κ2) is 6.70. The van der Waals surface area contributed by atoms with E-state index in [2.05, 4.69) is 0 Å². The molecule has 0 heterocycles. The molecule has 1 unspecified atom stereocenters. The van der Waals surface area contributed by atoms with Crippen LogP contribution < -0.4 is 10.5 Å². The van der Waals surface area contributed by atoms with Crippen LogP contribution in [0.5, 0.6) is 5.75 Å². The third kappa shape index (κ3) is 5.05. The van der Waals surface area contributed by atoms with Gasteiger partial charge in [0, 0.05) is 6.04 Å². The summed E-state index contributed by atoms with van der Waals surface area (Å²) in [6, 6.07) is 7.81. The van der Waals surface area contributed by atoms with Crippen LogP contribution in [0.1, 0.15) is 26.2 Å². The molecule has 0 amide bonds. The van der Waals surface area contributed by atoms with Crippen LogP contribution in [0.2, 0.25) is 5.02 Å². The number of ether oxygens (including phenoxy) is 1. The van der Waals surface area contributed by atoms with E-state index in [1.165, 1.54) is 0 Å². The van der Waals surface area contributed by atoms with Gasteiger partial charge >= 0.3 is 0 Å². The zero-order valence-electron chi connectivity index (χ0n) is 9.08. The van der Waals surface area contributed by atoms with Gasteiger partial charge in [-0.05, 0) is 38.3 Å². The molecule has 15 heavy (non-hydrogen) atoms. The van der Waals surface area contributed by atoms with Crippen molar-refractivity contribution in [3.63, 3.8) is 0 Å². The van der Waals surface area contributed by atoms with Crippen molar-refractivity contribution in [2.75, 3.05) is 6.61 Å². The van der Waals surface area contributed by atoms with Gasteiger partial charge in [0.1, 0.15) is 5.75 Å². The molecule has 0 saturated heterocycles. The monoisotopic (exact) mass is 227 g/mol. The van der Waals surface area contributed by atoms with Crippen molar-refractivity contribution in [3.8, 4) is 5.75 Å². The van der Waals surface area contributed by atoms with Crippen LogP contribution in [0.25, 0.3) is 0 Å². The quantitative estimate of drug-likeness (QED) is 0.758. The van der Waals surface area contributed by atoms with Crippen LogP contribution in [0.3, 0.4) is 0 Å². The summed E-state index contributed by atoms with van der Waals surface area (Å²) in [5.41, 5.74) is 5.65. The maximum Gasteiger partial charge on any atom is 0.137 e. The molecule has 1 aromatic carbocycles. The summed E-state index contributed by atoms with van der Waals surface area (Å²) >= 11 is 5.94. The minimum absolute atomic E-state index is 0.283. The number of hydrogen-bond acceptors (Lipinski definition) is 2. The fourth-order valence-electron chi connectivity index (χ4n) is 1.31. The average molecular weight is 228 g/mol. The van der Waals surface area contributed by atoms with E-state index in [-0.39, 0.29) is 6.04 Å². The highest BCUT2D eigenvalue weighted by Crippen LogP contribution is 2.23. The Kier molecular flexibility index (Phi) is 5.51. The van der Waals surface area contributed by atoms with Gasteiger partial charge in [0.15, 0.2) is 0 Å². The zero-order valence-corrected chi connectivity index (χ0v) is 9.83. The van der Waals surface area contributed by atoms with Crippen molar-refractivity contribution in [3.05, 3.63) is 29.3 Å². The maximum absolute atomic E-state index is 5.94. The van der Waals surface area contributed by atoms with Gasteiger partial charge in [-0.15, -0.1) is 0 Å². The first-order chi connectivity index (χ1) is 7.20. The molecule has 1 rings (SSSR count). The number of halogens is 1. The molecule has 1 atom stereocenters. The Morgan fingerprint density at radius 2 is 2.07 bits per heavy atom. The topological polar surface area (TPSA) is 35.2 Å². The number of para-hydroxylation sites is 1. The summed E-state index contributed by atoms with van der Waals surface area (Å²) in [6.45, 7) is 2.73. The first-order valence-corrected chi connectivity index (χ1v) is 5.71. The van der Waals surface area contributed by atoms with Crippen LogP contribution in [-0.2, 0) is 0 Å². The van der Waals surface area contributed by atoms with Gasteiger partial charge in [-0.2, -0.15) is 0 Å². The molecule has 0 bridgehead atoms. The van der Waals surface area contributed by atoms with Crippen LogP contribution in [0.15, 0.2) is 24.3 Å². The van der Waals surface area contributed by atoms with Crippen molar-refractivity contribution < 1.29 is 4.74 Å². The fraction of sp³-hybridized carbons (Fsp3) is 0.500. The predicted octanol–water partition coefficient (Wildman–Crippen LogP) is 3.24. The Labute approximate surface area is 96.4 Å². The van der Waals surface area contributed by atoms with Gasteiger partial charge in [0.05, 0.1) is 11.6 Å². The highest BCUT2D eigenvalue weighted by atomic mass is 35.5. The molecule has 0 aliphatic rings. The zero-order chi connectivity index (χ0) is 11.1. The maximum atomic E-state index is 5.94. The van der Waals surface area contributed by atoms with Crippen molar-refractivity contribution in [1.82, 2.24) is 0 Å². The summed E-state index contributed by atoms with van der Waals surface area (Å²) in [5, 5.41) is 0.671. The molecule has 2 N–H and O–H groups in total. The minimum Gasteiger partial charge on any atom is -0.492 e. The van der Waals surface area contributed by atoms with Crippen molar-refractivity contribution in [1.29, 1.82) is 0 Å². The molecular formula is C12H18ClNO. The van der Waals surface area contributed by atoms with Crippen molar-refractivity contribution >= 4 is 11.6 Å². The lowest BCUT2D eigenvalue weighted by Crippen LogP contribution is -2.14. The minimum atomic E-state index is 0.283. The van der Waals surface area contributed by atoms with E-state index in [0.29, 0.717) is 11.6 Å². The van der Waals surface area contributed by atoms with E-state index >= 15 is 0 Å². The van der Waals surface area contributed by atoms with E-state index in [4.69, 9.17) is 22.1 Å². The van der Waals surface area contributed by atoms with Gasteiger partial charge < -0.3 is 10.5 Å². The summed E-state index contributed by atoms with van der Waals surface area (Å²) in [5.74, 6) is 0.764. The van der Waals surface area contributed by atoms with E-state index in [9.17, 15) is 0 Å². The molecule has 1 aromatic rings. The molecule has 0 saturated carbocycles. The lowest BCUT2D eigenvalue weighted by molar-refractivity contribution is 0.304. The third-order valence-electron chi connectivity index (χ3n) is 2.15. The van der Waals surface area contributed by atoms with E-state index in [1.54, 1.807) is 0 Å². The van der Waals surface area contributed by atoms with Gasteiger partial charge in [-0.3, -0.25) is 0 Å². The van der Waals surface area contributed by atoms with Gasteiger partial charge in [0.25, 0.3) is 0 Å². The lowest BCUT2D eigenvalue weighted by atomic mass is 10.1. The van der Waals surface area contributed by atoms with Gasteiger partial charge in [-0.25, -0.2) is 0 Å². The molecule has 84 valence electrons. The third-order valence-corrected chi connectivity index (χ3v) is 2.46. The summed E-state index contributed by atoms with van der Waals surface area (Å²) in [7, 11) is 0. The first-order valence-electron chi connectivity index (χ1n) is 5.33. The van der Waals surface area contributed by atoms with Gasteiger partial charge in [0.2, 0.25) is 0 Å². The number of unbranched alkanes of at least 4 members (excludes halogenated alkanes) is 1. The molecule has 0 radical (unpaired) electrons. The molecule has 0 spiro atoms. The Balaban J connectivity index is 2.18. The molecule has 0 aromatic heterocycles. The molecule has 0 aliphatic heterocycles. The van der Waals surface area contributed by atoms with Gasteiger partial charge in [-0.1, -0.05) is 23.7 Å². The largest absolute Gasteiger partial charge is 0.492 e. The van der Waals surface area contributed by atoms with E-state index in [1.807, 2.05) is 31.2 Å². The van der Waals surface area contributed by atoms with Crippen molar-refractivity contribution in [2.24, 2.45) is 5.73 Å². The molecule has 2 nitrogen and oxygen atoms in total. The summed E-state index contributed by atoms with van der Waals surface area (Å²) in [6.07, 6.45) is 3.17. The standard InChI is InChI=1S/C12H18ClNO/c1-10(14)6-4-5-9-15-12-8-3-2-7-11(12)13/h2-3,7-8,10H,4-6,9,14H2,1H3. The SMILES string of the molecule is CC(N)CCCCOc1ccccc1Cl. The molecular weight excluding hydrogens is 210 g/mol. The number of nitrogens with two attached hydrogens (primary N) is 1. The number of benzene rings is 1. The van der Waals surface area contributed by atoms with E-state index in [0.717, 1.165) is 25.0 Å². The molecule has 0 fully saturated rings. The summed E-state index contributed by atoms with van der Waals surface area (Å²) < 4.78 is 5.55. The molecule has 3 heteroatoms. The van der Waals surface area contributed by atoms with Crippen LogP contribution in [0.4, 0.5) is 0 Å². The summed E-state index contributed by atoms with van der Waals surface area (Å²) in [4.78, 5) is 0. The normalized spacial score (nSPS) is 12.5. The van der Waals surface area contributed by atoms with Crippen LogP contribution >= 0.6 is 11.6 Å². The van der Waals surface area contributed by atoms with Crippen molar-refractivity contribution in [2.45, 2.75) is 32.2 Å². The smallest absolute Gasteiger partial charge is 0.137 e. The Hall–Kier alpha value is -0.730. The highest BCUT2D eigenvalue weighted by molar-refractivity contribution is 6.32. The van der Waals surface area contributed by atoms with Crippen LogP contribution in [0, 0.1) is 0 Å². The second-order valence-corrected chi connectivity index (χ2v) is 4.16. The first kappa shape index (κ1) is 12.3. The highest BCUT2D eigenvalue weighted by Gasteiger charge is 1.99. The Morgan fingerprint density at radius 3 is 2.73 bits per heavy atom. The Bertz CT molecular complexity index is 289. The number of hydrogen-bond donors (Lipinski definition) is 1. The number of rotatable bonds is 6. The predicted molar refractivity (Wildman–Crippen MR) is 64.4 cm³/mol. The second-order valence-electron chi connectivity index (χ2n) is 3.75. The molecule has 0 aliphatic carbocycles. The Morgan fingerprint density at radius 1 is 1.33 bits per heavy atom. The van der Waals surface area contributed by atoms with Crippen LogP contribution in [-0.4, -0.2) is 12.6 Å². The fourth-order valence-corrected chi connectivity index (χ4v) is 1.50. The average Bonchev–Trinajstić information content (AvgIpc) is 2.20.